The van der Waals surface area contributed by atoms with Crippen LogP contribution in [0.4, 0.5) is 18.9 Å². The summed E-state index contributed by atoms with van der Waals surface area (Å²) in [5.41, 5.74) is 0.183. The molecule has 2 aliphatic rings. The molecule has 0 aromatic heterocycles. The molecular formula is C23H23ClF3N3O4S. The molecule has 1 aliphatic heterocycles. The number of halogens is 4. The Hall–Kier alpha value is -2.63. The van der Waals surface area contributed by atoms with Gasteiger partial charge >= 0.3 is 0 Å². The quantitative estimate of drug-likeness (QED) is 0.504. The molecule has 7 nitrogen and oxygen atoms in total. The van der Waals surface area contributed by atoms with Crippen LogP contribution in [-0.4, -0.2) is 55.3 Å². The first kappa shape index (κ1) is 25.5. The molecule has 1 heterocycles. The molecular weight excluding hydrogens is 507 g/mol. The molecule has 1 N–H and O–H groups in total. The number of carbonyl (C=O) groups is 2. The van der Waals surface area contributed by atoms with Crippen molar-refractivity contribution in [2.75, 3.05) is 23.7 Å². The van der Waals surface area contributed by atoms with Gasteiger partial charge in [0.15, 0.2) is 0 Å². The van der Waals surface area contributed by atoms with Crippen molar-refractivity contribution in [3.05, 3.63) is 64.9 Å². The smallest absolute Gasteiger partial charge is 0.252 e. The van der Waals surface area contributed by atoms with Crippen LogP contribution in [0.15, 0.2) is 48.5 Å². The molecule has 188 valence electrons. The lowest BCUT2D eigenvalue weighted by molar-refractivity contribution is -0.132. The first-order valence-corrected chi connectivity index (χ1v) is 12.9. The first-order valence-electron chi connectivity index (χ1n) is 10.9. The van der Waals surface area contributed by atoms with Crippen molar-refractivity contribution in [2.24, 2.45) is 0 Å². The number of anilines is 1. The highest BCUT2D eigenvalue weighted by atomic mass is 35.5. The molecule has 2 fully saturated rings. The minimum absolute atomic E-state index is 0.00173. The summed E-state index contributed by atoms with van der Waals surface area (Å²) in [5.74, 6) is -5.62. The summed E-state index contributed by atoms with van der Waals surface area (Å²) in [6.07, 6.45) is -1.57. The van der Waals surface area contributed by atoms with Gasteiger partial charge in [-0.25, -0.2) is 21.6 Å². The molecule has 1 saturated heterocycles. The Morgan fingerprint density at radius 3 is 2.43 bits per heavy atom. The van der Waals surface area contributed by atoms with Crippen LogP contribution < -0.4 is 10.2 Å². The van der Waals surface area contributed by atoms with E-state index in [0.29, 0.717) is 13.1 Å². The van der Waals surface area contributed by atoms with Crippen LogP contribution in [0.1, 0.15) is 30.9 Å². The highest BCUT2D eigenvalue weighted by molar-refractivity contribution is 7.89. The SMILES string of the molecule is O=C(NC1CC(F)(F)C1)[C@H](c1ccccc1Cl)N(C(=O)CCS(=O)(=O)N1CC1)c1cccc(F)c1. The summed E-state index contributed by atoms with van der Waals surface area (Å²) in [6, 6.07) is 8.84. The van der Waals surface area contributed by atoms with Gasteiger partial charge in [-0.1, -0.05) is 35.9 Å². The van der Waals surface area contributed by atoms with Gasteiger partial charge in [0, 0.05) is 54.7 Å². The van der Waals surface area contributed by atoms with E-state index in [1.165, 1.54) is 28.6 Å². The highest BCUT2D eigenvalue weighted by Crippen LogP contribution is 2.39. The fraction of sp³-hybridized carbons (Fsp3) is 0.391. The Morgan fingerprint density at radius 2 is 1.83 bits per heavy atom. The van der Waals surface area contributed by atoms with Crippen molar-refractivity contribution in [3.8, 4) is 0 Å². The van der Waals surface area contributed by atoms with Crippen LogP contribution in [0, 0.1) is 5.82 Å². The van der Waals surface area contributed by atoms with Gasteiger partial charge in [-0.05, 0) is 24.3 Å². The molecule has 1 saturated carbocycles. The number of carbonyl (C=O) groups excluding carboxylic acids is 2. The summed E-state index contributed by atoms with van der Waals surface area (Å²) >= 11 is 6.35. The molecule has 1 atom stereocenters. The van der Waals surface area contributed by atoms with Crippen LogP contribution in [0.2, 0.25) is 5.02 Å². The van der Waals surface area contributed by atoms with Gasteiger partial charge in [0.1, 0.15) is 11.9 Å². The maximum Gasteiger partial charge on any atom is 0.252 e. The second-order valence-electron chi connectivity index (χ2n) is 8.60. The topological polar surface area (TPSA) is 86.6 Å². The molecule has 0 bridgehead atoms. The molecule has 0 unspecified atom stereocenters. The number of sulfonamides is 1. The molecule has 35 heavy (non-hydrogen) atoms. The fourth-order valence-electron chi connectivity index (χ4n) is 3.99. The third-order valence-electron chi connectivity index (χ3n) is 5.87. The average molecular weight is 530 g/mol. The number of amides is 2. The Kier molecular flexibility index (Phi) is 7.12. The average Bonchev–Trinajstić information content (AvgIpc) is 3.61. The minimum atomic E-state index is -3.65. The third-order valence-corrected chi connectivity index (χ3v) is 8.09. The predicted molar refractivity (Wildman–Crippen MR) is 124 cm³/mol. The molecule has 0 radical (unpaired) electrons. The van der Waals surface area contributed by atoms with E-state index in [9.17, 15) is 31.2 Å². The summed E-state index contributed by atoms with van der Waals surface area (Å²) in [5, 5.41) is 2.65. The number of hydrogen-bond donors (Lipinski definition) is 1. The predicted octanol–water partition coefficient (Wildman–Crippen LogP) is 3.50. The van der Waals surface area contributed by atoms with E-state index in [1.807, 2.05) is 0 Å². The summed E-state index contributed by atoms with van der Waals surface area (Å²) in [6.45, 7) is 0.752. The number of benzene rings is 2. The minimum Gasteiger partial charge on any atom is -0.351 e. The van der Waals surface area contributed by atoms with Gasteiger partial charge in [-0.2, -0.15) is 4.31 Å². The van der Waals surface area contributed by atoms with Gasteiger partial charge in [-0.15, -0.1) is 0 Å². The third kappa shape index (κ3) is 5.96. The fourth-order valence-corrected chi connectivity index (χ4v) is 5.55. The normalized spacial score (nSPS) is 18.4. The molecule has 12 heteroatoms. The van der Waals surface area contributed by atoms with Gasteiger partial charge in [0.05, 0.1) is 5.75 Å². The molecule has 1 aliphatic carbocycles. The Balaban J connectivity index is 1.70. The van der Waals surface area contributed by atoms with Crippen LogP contribution in [0.25, 0.3) is 0 Å². The number of nitrogens with zero attached hydrogens (tertiary/aromatic N) is 2. The number of rotatable bonds is 9. The zero-order chi connectivity index (χ0) is 25.4. The van der Waals surface area contributed by atoms with E-state index in [2.05, 4.69) is 5.32 Å². The molecule has 0 spiro atoms. The Morgan fingerprint density at radius 1 is 1.14 bits per heavy atom. The van der Waals surface area contributed by atoms with Gasteiger partial charge < -0.3 is 5.32 Å². The van der Waals surface area contributed by atoms with E-state index in [4.69, 9.17) is 11.6 Å². The largest absolute Gasteiger partial charge is 0.351 e. The summed E-state index contributed by atoms with van der Waals surface area (Å²) < 4.78 is 66.7. The van der Waals surface area contributed by atoms with Crippen LogP contribution in [-0.2, 0) is 19.6 Å². The van der Waals surface area contributed by atoms with Crippen LogP contribution in [0.5, 0.6) is 0 Å². The highest BCUT2D eigenvalue weighted by Gasteiger charge is 2.47. The van der Waals surface area contributed by atoms with Gasteiger partial charge in [0.2, 0.25) is 21.8 Å². The maximum atomic E-state index is 14.1. The van der Waals surface area contributed by atoms with Crippen molar-refractivity contribution >= 4 is 39.1 Å². The lowest BCUT2D eigenvalue weighted by Crippen LogP contribution is -2.54. The van der Waals surface area contributed by atoms with Gasteiger partial charge in [0.25, 0.3) is 5.92 Å². The van der Waals surface area contributed by atoms with Crippen molar-refractivity contribution in [3.63, 3.8) is 0 Å². The van der Waals surface area contributed by atoms with Crippen molar-refractivity contribution in [1.82, 2.24) is 9.62 Å². The van der Waals surface area contributed by atoms with Crippen molar-refractivity contribution < 1.29 is 31.2 Å². The molecule has 2 amide bonds. The Labute approximate surface area is 205 Å². The number of nitrogens with one attached hydrogen (secondary N) is 1. The number of hydrogen-bond acceptors (Lipinski definition) is 4. The standard InChI is InChI=1S/C23H23ClF3N3O4S/c24-19-7-2-1-6-18(19)21(22(32)28-16-13-23(26,27)14-16)30(17-5-3-4-15(25)12-17)20(31)8-11-35(33,34)29-9-10-29/h1-7,12,16,21H,8-11,13-14H2,(H,28,32)/t21-/m0/s1. The monoisotopic (exact) mass is 529 g/mol. The zero-order valence-electron chi connectivity index (χ0n) is 18.5. The van der Waals surface area contributed by atoms with E-state index >= 15 is 0 Å². The van der Waals surface area contributed by atoms with E-state index in [1.54, 1.807) is 12.1 Å². The van der Waals surface area contributed by atoms with Crippen LogP contribution >= 0.6 is 11.6 Å². The zero-order valence-corrected chi connectivity index (χ0v) is 20.0. The van der Waals surface area contributed by atoms with E-state index in [-0.39, 0.29) is 16.3 Å². The van der Waals surface area contributed by atoms with E-state index < -0.39 is 70.7 Å². The summed E-state index contributed by atoms with van der Waals surface area (Å²) in [7, 11) is -3.65. The number of alkyl halides is 2. The first-order chi connectivity index (χ1) is 16.5. The lowest BCUT2D eigenvalue weighted by Gasteiger charge is -2.38. The molecule has 4 rings (SSSR count). The van der Waals surface area contributed by atoms with E-state index in [0.717, 1.165) is 17.0 Å². The summed E-state index contributed by atoms with van der Waals surface area (Å²) in [4.78, 5) is 27.8. The van der Waals surface area contributed by atoms with Crippen molar-refractivity contribution in [1.29, 1.82) is 0 Å². The molecule has 2 aromatic rings. The molecule has 2 aromatic carbocycles. The van der Waals surface area contributed by atoms with Crippen LogP contribution in [0.3, 0.4) is 0 Å². The second-order valence-corrected chi connectivity index (χ2v) is 11.1. The van der Waals surface area contributed by atoms with Gasteiger partial charge in [-0.3, -0.25) is 14.5 Å². The lowest BCUT2D eigenvalue weighted by atomic mass is 9.87. The van der Waals surface area contributed by atoms with Crippen molar-refractivity contribution in [2.45, 2.75) is 37.3 Å². The second kappa shape index (κ2) is 9.79. The maximum absolute atomic E-state index is 14.1. The Bertz CT molecular complexity index is 1230.